The van der Waals surface area contributed by atoms with E-state index in [0.29, 0.717) is 33.2 Å². The molecule has 4 aromatic rings. The predicted octanol–water partition coefficient (Wildman–Crippen LogP) is 3.67. The highest BCUT2D eigenvalue weighted by Gasteiger charge is 2.18. The van der Waals surface area contributed by atoms with Crippen LogP contribution in [0.15, 0.2) is 58.6 Å². The van der Waals surface area contributed by atoms with Gasteiger partial charge in [0.2, 0.25) is 5.91 Å². The number of methoxy groups -OCH3 is 1. The Labute approximate surface area is 191 Å². The third kappa shape index (κ3) is 4.19. The molecule has 1 N–H and O–H groups in total. The SMILES string of the molecule is COc1ccc(-n2c(SCC(=O)N(C)c3ccc(F)cc3)nc3[nH]ncc3c2=O)cc1Cl. The van der Waals surface area contributed by atoms with E-state index in [0.717, 1.165) is 11.8 Å². The summed E-state index contributed by atoms with van der Waals surface area (Å²) in [6.07, 6.45) is 1.40. The van der Waals surface area contributed by atoms with Crippen LogP contribution in [0.5, 0.6) is 5.75 Å². The van der Waals surface area contributed by atoms with E-state index < -0.39 is 0 Å². The summed E-state index contributed by atoms with van der Waals surface area (Å²) in [5, 5.41) is 7.49. The van der Waals surface area contributed by atoms with Crippen LogP contribution in [0.1, 0.15) is 0 Å². The Balaban J connectivity index is 1.68. The van der Waals surface area contributed by atoms with E-state index in [9.17, 15) is 14.0 Å². The first kappa shape index (κ1) is 21.8. The van der Waals surface area contributed by atoms with Gasteiger partial charge < -0.3 is 9.64 Å². The van der Waals surface area contributed by atoms with Crippen molar-refractivity contribution in [2.75, 3.05) is 24.8 Å². The molecule has 164 valence electrons. The fourth-order valence-electron chi connectivity index (χ4n) is 3.02. The number of ether oxygens (including phenoxy) is 1. The molecule has 0 saturated carbocycles. The summed E-state index contributed by atoms with van der Waals surface area (Å²) < 4.78 is 19.7. The van der Waals surface area contributed by atoms with Crippen LogP contribution in [0.4, 0.5) is 10.1 Å². The maximum atomic E-state index is 13.2. The van der Waals surface area contributed by atoms with Crippen molar-refractivity contribution in [3.8, 4) is 11.4 Å². The minimum atomic E-state index is -0.386. The smallest absolute Gasteiger partial charge is 0.269 e. The van der Waals surface area contributed by atoms with Crippen LogP contribution in [0.25, 0.3) is 16.7 Å². The lowest BCUT2D eigenvalue weighted by Gasteiger charge is -2.18. The van der Waals surface area contributed by atoms with Crippen LogP contribution in [0, 0.1) is 5.82 Å². The second kappa shape index (κ2) is 9.01. The van der Waals surface area contributed by atoms with Crippen molar-refractivity contribution in [1.29, 1.82) is 0 Å². The second-order valence-corrected chi connectivity index (χ2v) is 8.05. The second-order valence-electron chi connectivity index (χ2n) is 6.70. The highest BCUT2D eigenvalue weighted by molar-refractivity contribution is 7.99. The van der Waals surface area contributed by atoms with Crippen molar-refractivity contribution in [3.63, 3.8) is 0 Å². The summed E-state index contributed by atoms with van der Waals surface area (Å²) in [7, 11) is 3.09. The number of thioether (sulfide) groups is 1. The number of H-pyrrole nitrogens is 1. The molecule has 2 heterocycles. The van der Waals surface area contributed by atoms with E-state index in [1.54, 1.807) is 25.2 Å². The number of carbonyl (C=O) groups excluding carboxylic acids is 1. The molecule has 0 aliphatic rings. The van der Waals surface area contributed by atoms with Crippen LogP contribution < -0.4 is 15.2 Å². The minimum Gasteiger partial charge on any atom is -0.495 e. The Morgan fingerprint density at radius 3 is 2.72 bits per heavy atom. The van der Waals surface area contributed by atoms with Crippen LogP contribution >= 0.6 is 23.4 Å². The van der Waals surface area contributed by atoms with Gasteiger partial charge in [-0.3, -0.25) is 19.3 Å². The number of carbonyl (C=O) groups is 1. The van der Waals surface area contributed by atoms with Crippen molar-refractivity contribution >= 4 is 46.0 Å². The molecule has 1 amide bonds. The molecule has 0 aliphatic heterocycles. The summed E-state index contributed by atoms with van der Waals surface area (Å²) in [5.41, 5.74) is 0.978. The summed E-state index contributed by atoms with van der Waals surface area (Å²) in [4.78, 5) is 31.8. The first-order valence-electron chi connectivity index (χ1n) is 9.34. The summed E-state index contributed by atoms with van der Waals surface area (Å²) in [6, 6.07) is 10.5. The maximum Gasteiger partial charge on any atom is 0.269 e. The molecule has 32 heavy (non-hydrogen) atoms. The Kier molecular flexibility index (Phi) is 6.15. The van der Waals surface area contributed by atoms with Gasteiger partial charge in [-0.1, -0.05) is 23.4 Å². The monoisotopic (exact) mass is 473 g/mol. The lowest BCUT2D eigenvalue weighted by Crippen LogP contribution is -2.28. The Bertz CT molecular complexity index is 1360. The van der Waals surface area contributed by atoms with Gasteiger partial charge in [0.05, 0.1) is 29.8 Å². The van der Waals surface area contributed by atoms with E-state index in [2.05, 4.69) is 15.2 Å². The molecule has 8 nitrogen and oxygen atoms in total. The molecule has 0 unspecified atom stereocenters. The van der Waals surface area contributed by atoms with Gasteiger partial charge in [-0.05, 0) is 42.5 Å². The predicted molar refractivity (Wildman–Crippen MR) is 122 cm³/mol. The first-order chi connectivity index (χ1) is 15.4. The van der Waals surface area contributed by atoms with E-state index in [1.165, 1.54) is 47.0 Å². The standard InChI is InChI=1S/C21H17ClFN5O3S/c1-27(13-5-3-12(23)4-6-13)18(29)11-32-21-25-19-15(10-24-26-19)20(30)28(21)14-7-8-17(31-2)16(22)9-14/h3-10H,11H2,1-2H3,(H,24,26). The zero-order valence-electron chi connectivity index (χ0n) is 17.0. The molecule has 11 heteroatoms. The highest BCUT2D eigenvalue weighted by Crippen LogP contribution is 2.28. The number of halogens is 2. The topological polar surface area (TPSA) is 93.1 Å². The zero-order valence-corrected chi connectivity index (χ0v) is 18.6. The molecule has 0 spiro atoms. The molecular weight excluding hydrogens is 457 g/mol. The van der Waals surface area contributed by atoms with E-state index in [1.807, 2.05) is 0 Å². The summed E-state index contributed by atoms with van der Waals surface area (Å²) in [5.74, 6) is -0.182. The third-order valence-corrected chi connectivity index (χ3v) is 5.98. The van der Waals surface area contributed by atoms with Gasteiger partial charge in [-0.2, -0.15) is 5.10 Å². The number of hydrogen-bond acceptors (Lipinski definition) is 6. The zero-order chi connectivity index (χ0) is 22.8. The average molecular weight is 474 g/mol. The minimum absolute atomic E-state index is 0.0101. The average Bonchev–Trinajstić information content (AvgIpc) is 3.26. The number of aromatic nitrogens is 4. The Morgan fingerprint density at radius 2 is 2.03 bits per heavy atom. The Hall–Kier alpha value is -3.37. The van der Waals surface area contributed by atoms with Crippen molar-refractivity contribution in [2.45, 2.75) is 5.16 Å². The lowest BCUT2D eigenvalue weighted by molar-refractivity contribution is -0.115. The van der Waals surface area contributed by atoms with E-state index >= 15 is 0 Å². The summed E-state index contributed by atoms with van der Waals surface area (Å²) >= 11 is 7.34. The molecule has 0 bridgehead atoms. The fourth-order valence-corrected chi connectivity index (χ4v) is 4.20. The molecular formula is C21H17ClFN5O3S. The number of benzene rings is 2. The molecule has 0 atom stereocenters. The number of anilines is 1. The van der Waals surface area contributed by atoms with Gasteiger partial charge in [-0.25, -0.2) is 9.37 Å². The highest BCUT2D eigenvalue weighted by atomic mass is 35.5. The van der Waals surface area contributed by atoms with Crippen molar-refractivity contribution in [2.24, 2.45) is 0 Å². The Morgan fingerprint density at radius 1 is 1.28 bits per heavy atom. The van der Waals surface area contributed by atoms with Gasteiger partial charge in [0.15, 0.2) is 10.8 Å². The van der Waals surface area contributed by atoms with Crippen molar-refractivity contribution < 1.29 is 13.9 Å². The molecule has 2 aromatic carbocycles. The molecule has 0 aliphatic carbocycles. The van der Waals surface area contributed by atoms with Crippen LogP contribution in [-0.2, 0) is 4.79 Å². The van der Waals surface area contributed by atoms with Crippen LogP contribution in [0.3, 0.4) is 0 Å². The van der Waals surface area contributed by atoms with Gasteiger partial charge in [0.25, 0.3) is 5.56 Å². The van der Waals surface area contributed by atoms with Crippen LogP contribution in [-0.4, -0.2) is 45.6 Å². The number of fused-ring (bicyclic) bond motifs is 1. The van der Waals surface area contributed by atoms with Gasteiger partial charge in [0.1, 0.15) is 17.0 Å². The van der Waals surface area contributed by atoms with E-state index in [-0.39, 0.29) is 28.2 Å². The summed E-state index contributed by atoms with van der Waals surface area (Å²) in [6.45, 7) is 0. The first-order valence-corrected chi connectivity index (χ1v) is 10.7. The van der Waals surface area contributed by atoms with Crippen LogP contribution in [0.2, 0.25) is 5.02 Å². The fraction of sp³-hybridized carbons (Fsp3) is 0.143. The lowest BCUT2D eigenvalue weighted by atomic mass is 10.3. The quantitative estimate of drug-likeness (QED) is 0.339. The normalized spacial score (nSPS) is 11.0. The van der Waals surface area contributed by atoms with Gasteiger partial charge in [0, 0.05) is 12.7 Å². The maximum absolute atomic E-state index is 13.2. The van der Waals surface area contributed by atoms with E-state index in [4.69, 9.17) is 16.3 Å². The number of hydrogen-bond donors (Lipinski definition) is 1. The van der Waals surface area contributed by atoms with Gasteiger partial charge in [-0.15, -0.1) is 0 Å². The number of nitrogens with one attached hydrogen (secondary N) is 1. The van der Waals surface area contributed by atoms with Crippen molar-refractivity contribution in [3.05, 3.63) is 69.9 Å². The number of aromatic amines is 1. The molecule has 0 saturated heterocycles. The molecule has 2 aromatic heterocycles. The van der Waals surface area contributed by atoms with Crippen molar-refractivity contribution in [1.82, 2.24) is 19.7 Å². The molecule has 0 fully saturated rings. The third-order valence-electron chi connectivity index (χ3n) is 4.76. The number of rotatable bonds is 6. The molecule has 4 rings (SSSR count). The number of amides is 1. The largest absolute Gasteiger partial charge is 0.495 e. The molecule has 0 radical (unpaired) electrons. The number of nitrogens with zero attached hydrogens (tertiary/aromatic N) is 4. The van der Waals surface area contributed by atoms with Gasteiger partial charge >= 0.3 is 0 Å².